The maximum atomic E-state index is 12.4. The van der Waals surface area contributed by atoms with Crippen LogP contribution in [0, 0.1) is 0 Å². The van der Waals surface area contributed by atoms with Crippen LogP contribution < -0.4 is 5.73 Å². The number of sulfonamides is 1. The van der Waals surface area contributed by atoms with E-state index in [1.165, 1.54) is 37.9 Å². The molecule has 7 nitrogen and oxygen atoms in total. The summed E-state index contributed by atoms with van der Waals surface area (Å²) in [6.07, 6.45) is 8.35. The van der Waals surface area contributed by atoms with Crippen molar-refractivity contribution in [2.24, 2.45) is 5.73 Å². The number of rotatable bonds is 7. The zero-order valence-electron chi connectivity index (χ0n) is 21.7. The number of likely N-dealkylation sites (tertiary alicyclic amines) is 1. The Bertz CT molecular complexity index is 1360. The predicted octanol–water partition coefficient (Wildman–Crippen LogP) is 4.84. The highest BCUT2D eigenvalue weighted by Gasteiger charge is 2.27. The lowest BCUT2D eigenvalue weighted by Crippen LogP contribution is -2.33. The van der Waals surface area contributed by atoms with Crippen molar-refractivity contribution in [1.82, 2.24) is 14.2 Å². The van der Waals surface area contributed by atoms with Gasteiger partial charge in [-0.25, -0.2) is 12.7 Å². The summed E-state index contributed by atoms with van der Waals surface area (Å²) in [5.41, 5.74) is 11.5. The van der Waals surface area contributed by atoms with E-state index in [2.05, 4.69) is 40.2 Å². The smallest absolute Gasteiger partial charge is 0.250 e. The summed E-state index contributed by atoms with van der Waals surface area (Å²) in [5, 5.41) is 1.00. The van der Waals surface area contributed by atoms with E-state index in [0.717, 1.165) is 53.4 Å². The molecule has 1 atom stereocenters. The van der Waals surface area contributed by atoms with E-state index in [1.54, 1.807) is 11.2 Å². The van der Waals surface area contributed by atoms with Crippen molar-refractivity contribution in [3.63, 3.8) is 0 Å². The molecule has 2 fully saturated rings. The van der Waals surface area contributed by atoms with Gasteiger partial charge in [0, 0.05) is 31.2 Å². The second kappa shape index (κ2) is 11.0. The molecule has 2 aromatic carbocycles. The number of nitrogens with zero attached hydrogens (tertiary/aromatic N) is 2. The van der Waals surface area contributed by atoms with E-state index < -0.39 is 15.9 Å². The molecule has 3 N–H and O–H groups in total. The second-order valence-corrected chi connectivity index (χ2v) is 12.8. The maximum Gasteiger partial charge on any atom is 0.250 e. The molecule has 5 rings (SSSR count). The average Bonchev–Trinajstić information content (AvgIpc) is 3.17. The first-order valence-electron chi connectivity index (χ1n) is 13.6. The van der Waals surface area contributed by atoms with Crippen molar-refractivity contribution in [2.75, 3.05) is 31.9 Å². The lowest BCUT2D eigenvalue weighted by atomic mass is 9.90. The van der Waals surface area contributed by atoms with Crippen LogP contribution in [0.1, 0.15) is 72.9 Å². The fraction of sp³-hybridized carbons (Fsp3) is 0.483. The highest BCUT2D eigenvalue weighted by molar-refractivity contribution is 7.89. The summed E-state index contributed by atoms with van der Waals surface area (Å²) >= 11 is 0. The molecule has 3 aromatic rings. The van der Waals surface area contributed by atoms with E-state index >= 15 is 0 Å². The van der Waals surface area contributed by atoms with Gasteiger partial charge in [0.05, 0.1) is 16.8 Å². The largest absolute Gasteiger partial charge is 0.366 e. The molecule has 1 unspecified atom stereocenters. The molecule has 0 spiro atoms. The Labute approximate surface area is 220 Å². The fourth-order valence-corrected chi connectivity index (χ4v) is 7.13. The first-order valence-corrected chi connectivity index (χ1v) is 15.2. The third-order valence-corrected chi connectivity index (χ3v) is 10.00. The van der Waals surface area contributed by atoms with Gasteiger partial charge < -0.3 is 10.7 Å². The molecule has 37 heavy (non-hydrogen) atoms. The molecule has 3 heterocycles. The van der Waals surface area contributed by atoms with Crippen molar-refractivity contribution in [3.05, 3.63) is 59.3 Å². The predicted molar refractivity (Wildman–Crippen MR) is 149 cm³/mol. The van der Waals surface area contributed by atoms with E-state index in [9.17, 15) is 13.2 Å². The minimum atomic E-state index is -3.19. The van der Waals surface area contributed by atoms with Gasteiger partial charge in [-0.15, -0.1) is 0 Å². The van der Waals surface area contributed by atoms with Crippen LogP contribution in [0.25, 0.3) is 22.0 Å². The minimum Gasteiger partial charge on any atom is -0.366 e. The highest BCUT2D eigenvalue weighted by Crippen LogP contribution is 2.37. The van der Waals surface area contributed by atoms with Crippen LogP contribution in [0.4, 0.5) is 0 Å². The number of carbonyl (C=O) groups is 1. The highest BCUT2D eigenvalue weighted by atomic mass is 32.2. The monoisotopic (exact) mass is 522 g/mol. The lowest BCUT2D eigenvalue weighted by molar-refractivity contribution is 0.100. The van der Waals surface area contributed by atoms with E-state index in [1.807, 2.05) is 12.3 Å². The van der Waals surface area contributed by atoms with Crippen LogP contribution in [0.15, 0.2) is 42.6 Å². The molecule has 1 aromatic heterocycles. The Kier molecular flexibility index (Phi) is 7.70. The zero-order chi connectivity index (χ0) is 26.0. The normalized spacial score (nSPS) is 20.2. The van der Waals surface area contributed by atoms with Crippen LogP contribution in [0.5, 0.6) is 0 Å². The van der Waals surface area contributed by atoms with Gasteiger partial charge in [0.25, 0.3) is 5.91 Å². The first kappa shape index (κ1) is 25.9. The number of piperidine rings is 1. The number of aromatic nitrogens is 1. The number of nitrogens with one attached hydrogen (secondary N) is 1. The Hall–Kier alpha value is -2.68. The molecule has 2 saturated heterocycles. The number of fused-ring (bicyclic) bond motifs is 1. The molecule has 0 saturated carbocycles. The lowest BCUT2D eigenvalue weighted by Gasteiger charge is -2.26. The molecule has 0 radical (unpaired) electrons. The standard InChI is InChI=1S/C29H38N4O3S/c1-2-37(35,36)33-15-6-7-23(12-16-33)27-19-31-28-25(27)17-24(18-26(28)29(30)34)22-10-8-21(9-11-22)20-32-13-4-3-5-14-32/h8-11,17-19,23,31H,2-7,12-16,20H2,1H3,(H2,30,34). The molecule has 8 heteroatoms. The number of amides is 1. The number of aromatic amines is 1. The van der Waals surface area contributed by atoms with Gasteiger partial charge in [0.1, 0.15) is 0 Å². The minimum absolute atomic E-state index is 0.132. The van der Waals surface area contributed by atoms with Gasteiger partial charge in [0.2, 0.25) is 10.0 Å². The van der Waals surface area contributed by atoms with Crippen LogP contribution in [0.2, 0.25) is 0 Å². The van der Waals surface area contributed by atoms with Gasteiger partial charge in [-0.05, 0) is 92.4 Å². The molecular weight excluding hydrogens is 484 g/mol. The van der Waals surface area contributed by atoms with Crippen LogP contribution in [-0.4, -0.2) is 60.4 Å². The summed E-state index contributed by atoms with van der Waals surface area (Å²) in [7, 11) is -3.19. The average molecular weight is 523 g/mol. The van der Waals surface area contributed by atoms with Gasteiger partial charge in [-0.2, -0.15) is 0 Å². The molecule has 2 aliphatic rings. The van der Waals surface area contributed by atoms with Crippen molar-refractivity contribution in [2.45, 2.75) is 57.9 Å². The number of hydrogen-bond acceptors (Lipinski definition) is 4. The second-order valence-electron chi connectivity index (χ2n) is 10.5. The van der Waals surface area contributed by atoms with Crippen molar-refractivity contribution < 1.29 is 13.2 Å². The van der Waals surface area contributed by atoms with Crippen LogP contribution in [0.3, 0.4) is 0 Å². The van der Waals surface area contributed by atoms with E-state index in [0.29, 0.717) is 18.7 Å². The molecule has 198 valence electrons. The summed E-state index contributed by atoms with van der Waals surface area (Å²) in [6.45, 7) is 6.09. The third-order valence-electron chi connectivity index (χ3n) is 8.11. The third kappa shape index (κ3) is 5.61. The number of H-pyrrole nitrogens is 1. The Morgan fingerprint density at radius 2 is 1.73 bits per heavy atom. The number of nitrogens with two attached hydrogens (primary N) is 1. The quantitative estimate of drug-likeness (QED) is 0.464. The Morgan fingerprint density at radius 1 is 0.973 bits per heavy atom. The maximum absolute atomic E-state index is 12.4. The Balaban J connectivity index is 1.44. The van der Waals surface area contributed by atoms with Gasteiger partial charge in [-0.3, -0.25) is 9.69 Å². The van der Waals surface area contributed by atoms with Crippen LogP contribution in [-0.2, 0) is 16.6 Å². The van der Waals surface area contributed by atoms with Crippen molar-refractivity contribution in [1.29, 1.82) is 0 Å². The summed E-state index contributed by atoms with van der Waals surface area (Å²) < 4.78 is 26.5. The number of carbonyl (C=O) groups excluding carboxylic acids is 1. The Morgan fingerprint density at radius 3 is 2.43 bits per heavy atom. The SMILES string of the molecule is CCS(=O)(=O)N1CCCC(c2c[nH]c3c(C(N)=O)cc(-c4ccc(CN5CCCCC5)cc4)cc23)CC1. The fourth-order valence-electron chi connectivity index (χ4n) is 5.97. The number of primary amides is 1. The van der Waals surface area contributed by atoms with E-state index in [4.69, 9.17) is 5.73 Å². The molecule has 0 bridgehead atoms. The summed E-state index contributed by atoms with van der Waals surface area (Å²) in [4.78, 5) is 18.2. The van der Waals surface area contributed by atoms with E-state index in [-0.39, 0.29) is 11.7 Å². The molecule has 2 aliphatic heterocycles. The molecular formula is C29H38N4O3S. The van der Waals surface area contributed by atoms with Crippen molar-refractivity contribution >= 4 is 26.8 Å². The molecule has 0 aliphatic carbocycles. The van der Waals surface area contributed by atoms with Crippen molar-refractivity contribution in [3.8, 4) is 11.1 Å². The van der Waals surface area contributed by atoms with Gasteiger partial charge >= 0.3 is 0 Å². The van der Waals surface area contributed by atoms with Gasteiger partial charge in [0.15, 0.2) is 0 Å². The molecule has 1 amide bonds. The first-order chi connectivity index (χ1) is 17.9. The topological polar surface area (TPSA) is 99.5 Å². The number of hydrogen-bond donors (Lipinski definition) is 2. The summed E-state index contributed by atoms with van der Waals surface area (Å²) in [6, 6.07) is 12.7. The van der Waals surface area contributed by atoms with Crippen LogP contribution >= 0.6 is 0 Å². The summed E-state index contributed by atoms with van der Waals surface area (Å²) in [5.74, 6) is -0.107. The zero-order valence-corrected chi connectivity index (χ0v) is 22.5. The van der Waals surface area contributed by atoms with Gasteiger partial charge in [-0.1, -0.05) is 30.7 Å². The number of benzene rings is 2.